The van der Waals surface area contributed by atoms with Crippen molar-refractivity contribution in [3.63, 3.8) is 0 Å². The maximum Gasteiger partial charge on any atom is 0.451 e. The third-order valence-electron chi connectivity index (χ3n) is 4.72. The second-order valence-corrected chi connectivity index (χ2v) is 6.95. The highest BCUT2D eigenvalue weighted by molar-refractivity contribution is 6.10. The monoisotopic (exact) mass is 428 g/mol. The van der Waals surface area contributed by atoms with Crippen molar-refractivity contribution in [2.24, 2.45) is 10.7 Å². The molecule has 0 amide bonds. The van der Waals surface area contributed by atoms with Crippen LogP contribution in [0.4, 0.5) is 17.6 Å². The van der Waals surface area contributed by atoms with Crippen molar-refractivity contribution >= 4 is 11.5 Å². The zero-order chi connectivity index (χ0) is 22.2. The predicted octanol–water partition coefficient (Wildman–Crippen LogP) is 3.89. The lowest BCUT2D eigenvalue weighted by Gasteiger charge is -2.05. The number of allylic oxidation sites excluding steroid dienone is 1. The number of alkyl halides is 3. The van der Waals surface area contributed by atoms with Gasteiger partial charge in [0, 0.05) is 41.2 Å². The van der Waals surface area contributed by atoms with Gasteiger partial charge in [0.15, 0.2) is 0 Å². The molecular formula is C21H16F4N6. The lowest BCUT2D eigenvalue weighted by Crippen LogP contribution is -2.13. The molecule has 0 fully saturated rings. The average Bonchev–Trinajstić information content (AvgIpc) is 3.35. The lowest BCUT2D eigenvalue weighted by molar-refractivity contribution is -0.144. The average molecular weight is 428 g/mol. The van der Waals surface area contributed by atoms with E-state index in [1.165, 1.54) is 6.07 Å². The van der Waals surface area contributed by atoms with Crippen LogP contribution >= 0.6 is 0 Å². The molecule has 1 aromatic carbocycles. The zero-order valence-electron chi connectivity index (χ0n) is 16.0. The topological polar surface area (TPSA) is 104 Å². The molecule has 0 aliphatic carbocycles. The minimum atomic E-state index is -4.64. The van der Waals surface area contributed by atoms with E-state index in [-0.39, 0.29) is 17.3 Å². The first-order chi connectivity index (χ1) is 14.7. The number of halogens is 4. The van der Waals surface area contributed by atoms with Crippen LogP contribution in [0.25, 0.3) is 11.1 Å². The third-order valence-corrected chi connectivity index (χ3v) is 4.72. The SMILES string of the molecule is N=C(N)c1[nH]c(CC2=CC(c3ccccc3F)=NC2)cc1-c1cnc(C(F)(F)F)nc1. The fraction of sp³-hybridized carbons (Fsp3) is 0.143. The molecule has 0 radical (unpaired) electrons. The molecule has 158 valence electrons. The van der Waals surface area contributed by atoms with Gasteiger partial charge in [0.25, 0.3) is 0 Å². The molecule has 0 spiro atoms. The summed E-state index contributed by atoms with van der Waals surface area (Å²) < 4.78 is 52.1. The van der Waals surface area contributed by atoms with E-state index in [1.54, 1.807) is 30.3 Å². The van der Waals surface area contributed by atoms with Crippen LogP contribution in [0.3, 0.4) is 0 Å². The molecule has 2 aromatic heterocycles. The molecule has 6 nitrogen and oxygen atoms in total. The lowest BCUT2D eigenvalue weighted by atomic mass is 10.1. The first-order valence-corrected chi connectivity index (χ1v) is 9.17. The summed E-state index contributed by atoms with van der Waals surface area (Å²) >= 11 is 0. The largest absolute Gasteiger partial charge is 0.451 e. The number of amidine groups is 1. The van der Waals surface area contributed by atoms with Crippen LogP contribution in [0.1, 0.15) is 22.8 Å². The smallest absolute Gasteiger partial charge is 0.382 e. The van der Waals surface area contributed by atoms with E-state index in [0.29, 0.717) is 41.1 Å². The highest BCUT2D eigenvalue weighted by Gasteiger charge is 2.34. The van der Waals surface area contributed by atoms with E-state index in [1.807, 2.05) is 0 Å². The molecule has 0 saturated heterocycles. The Kier molecular flexibility index (Phi) is 5.14. The van der Waals surface area contributed by atoms with Crippen molar-refractivity contribution in [1.29, 1.82) is 5.41 Å². The van der Waals surface area contributed by atoms with Crippen molar-refractivity contribution in [2.75, 3.05) is 6.54 Å². The summed E-state index contributed by atoms with van der Waals surface area (Å²) in [5.41, 5.74) is 9.15. The first-order valence-electron chi connectivity index (χ1n) is 9.17. The quantitative estimate of drug-likeness (QED) is 0.326. The van der Waals surface area contributed by atoms with Crippen LogP contribution in [-0.4, -0.2) is 33.0 Å². The van der Waals surface area contributed by atoms with Gasteiger partial charge in [-0.15, -0.1) is 0 Å². The molecule has 0 atom stereocenters. The Bertz CT molecular complexity index is 1210. The van der Waals surface area contributed by atoms with Crippen LogP contribution in [0, 0.1) is 11.2 Å². The Hall–Kier alpha value is -3.82. The van der Waals surface area contributed by atoms with E-state index < -0.39 is 12.0 Å². The van der Waals surface area contributed by atoms with Gasteiger partial charge in [-0.2, -0.15) is 13.2 Å². The van der Waals surface area contributed by atoms with E-state index >= 15 is 0 Å². The van der Waals surface area contributed by atoms with E-state index in [0.717, 1.165) is 18.0 Å². The zero-order valence-corrected chi connectivity index (χ0v) is 16.0. The fourth-order valence-electron chi connectivity index (χ4n) is 3.31. The summed E-state index contributed by atoms with van der Waals surface area (Å²) in [5, 5.41) is 7.78. The van der Waals surface area contributed by atoms with Gasteiger partial charge in [0.1, 0.15) is 11.7 Å². The van der Waals surface area contributed by atoms with E-state index in [4.69, 9.17) is 11.1 Å². The van der Waals surface area contributed by atoms with Gasteiger partial charge in [-0.25, -0.2) is 14.4 Å². The summed E-state index contributed by atoms with van der Waals surface area (Å²) in [5.74, 6) is -1.88. The highest BCUT2D eigenvalue weighted by Crippen LogP contribution is 2.29. The Morgan fingerprint density at radius 1 is 1.13 bits per heavy atom. The molecule has 4 N–H and O–H groups in total. The number of aliphatic imine (C=N–C) groups is 1. The first kappa shape index (κ1) is 20.5. The van der Waals surface area contributed by atoms with Crippen molar-refractivity contribution in [3.8, 4) is 11.1 Å². The number of nitrogens with one attached hydrogen (secondary N) is 2. The summed E-state index contributed by atoms with van der Waals surface area (Å²) in [6, 6.07) is 8.04. The number of hydrogen-bond acceptors (Lipinski definition) is 4. The van der Waals surface area contributed by atoms with Gasteiger partial charge in [-0.3, -0.25) is 10.4 Å². The fourth-order valence-corrected chi connectivity index (χ4v) is 3.31. The van der Waals surface area contributed by atoms with Crippen LogP contribution < -0.4 is 5.73 Å². The van der Waals surface area contributed by atoms with Crippen LogP contribution in [0.15, 0.2) is 59.4 Å². The second kappa shape index (κ2) is 7.78. The molecule has 0 saturated carbocycles. The van der Waals surface area contributed by atoms with Gasteiger partial charge >= 0.3 is 6.18 Å². The summed E-state index contributed by atoms with van der Waals surface area (Å²) in [6.45, 7) is 0.386. The Morgan fingerprint density at radius 2 is 1.84 bits per heavy atom. The van der Waals surface area contributed by atoms with Crippen molar-refractivity contribution in [1.82, 2.24) is 15.0 Å². The molecule has 0 bridgehead atoms. The molecular weight excluding hydrogens is 412 g/mol. The summed E-state index contributed by atoms with van der Waals surface area (Å²) in [7, 11) is 0. The van der Waals surface area contributed by atoms with Crippen molar-refractivity contribution in [3.05, 3.63) is 83.0 Å². The number of nitrogens with zero attached hydrogens (tertiary/aromatic N) is 3. The minimum Gasteiger partial charge on any atom is -0.382 e. The van der Waals surface area contributed by atoms with Crippen LogP contribution in [-0.2, 0) is 12.6 Å². The maximum atomic E-state index is 14.0. The number of nitrogen functional groups attached to an aromatic ring is 1. The molecule has 0 unspecified atom stereocenters. The normalized spacial score (nSPS) is 13.8. The second-order valence-electron chi connectivity index (χ2n) is 6.95. The molecule has 10 heteroatoms. The molecule has 3 aromatic rings. The minimum absolute atomic E-state index is 0.257. The van der Waals surface area contributed by atoms with Gasteiger partial charge in [-0.1, -0.05) is 12.1 Å². The number of aromatic nitrogens is 3. The molecule has 1 aliphatic rings. The van der Waals surface area contributed by atoms with E-state index in [2.05, 4.69) is 19.9 Å². The molecule has 1 aliphatic heterocycles. The number of aromatic amines is 1. The number of nitrogens with two attached hydrogens (primary N) is 1. The number of H-pyrrole nitrogens is 1. The standard InChI is InChI=1S/C21H16F4N6/c22-16-4-2-1-3-14(16)17-6-11(8-28-17)5-13-7-15(18(31-13)19(26)27)12-9-29-20(30-10-12)21(23,24)25/h1-4,6-7,9-10,31H,5,8H2,(H3,26,27). The van der Waals surface area contributed by atoms with Crippen LogP contribution in [0.5, 0.6) is 0 Å². The van der Waals surface area contributed by atoms with Crippen molar-refractivity contribution < 1.29 is 17.6 Å². The Balaban J connectivity index is 1.59. The number of rotatable bonds is 5. The van der Waals surface area contributed by atoms with E-state index in [9.17, 15) is 17.6 Å². The van der Waals surface area contributed by atoms with Gasteiger partial charge in [0.2, 0.25) is 5.82 Å². The van der Waals surface area contributed by atoms with Crippen molar-refractivity contribution in [2.45, 2.75) is 12.6 Å². The third kappa shape index (κ3) is 4.23. The number of benzene rings is 1. The van der Waals surface area contributed by atoms with Crippen LogP contribution in [0.2, 0.25) is 0 Å². The molecule has 31 heavy (non-hydrogen) atoms. The van der Waals surface area contributed by atoms with Gasteiger partial charge in [-0.05, 0) is 29.8 Å². The van der Waals surface area contributed by atoms with Gasteiger partial charge in [0.05, 0.1) is 18.0 Å². The predicted molar refractivity (Wildman–Crippen MR) is 107 cm³/mol. The number of hydrogen-bond donors (Lipinski definition) is 3. The Morgan fingerprint density at radius 3 is 2.48 bits per heavy atom. The highest BCUT2D eigenvalue weighted by atomic mass is 19.4. The van der Waals surface area contributed by atoms with Gasteiger partial charge < -0.3 is 10.7 Å². The summed E-state index contributed by atoms with van der Waals surface area (Å²) in [6.07, 6.45) is -0.333. The molecule has 4 rings (SSSR count). The Labute approximate surface area is 174 Å². The maximum absolute atomic E-state index is 14.0. The summed E-state index contributed by atoms with van der Waals surface area (Å²) in [4.78, 5) is 14.1. The molecule has 3 heterocycles.